The van der Waals surface area contributed by atoms with Gasteiger partial charge in [0.1, 0.15) is 11.5 Å². The van der Waals surface area contributed by atoms with E-state index in [1.54, 1.807) is 24.3 Å². The fourth-order valence-corrected chi connectivity index (χ4v) is 3.32. The van der Waals surface area contributed by atoms with Gasteiger partial charge in [0.05, 0.1) is 11.8 Å². The van der Waals surface area contributed by atoms with Crippen molar-refractivity contribution in [3.8, 4) is 11.5 Å². The van der Waals surface area contributed by atoms with Crippen molar-refractivity contribution in [2.45, 2.75) is 32.6 Å². The number of nitrogens with one attached hydrogen (secondary N) is 1. The summed E-state index contributed by atoms with van der Waals surface area (Å²) in [5, 5.41) is 12.2. The Kier molecular flexibility index (Phi) is 5.56. The van der Waals surface area contributed by atoms with Crippen LogP contribution in [-0.4, -0.2) is 17.0 Å². The van der Waals surface area contributed by atoms with Gasteiger partial charge >= 0.3 is 5.97 Å². The second kappa shape index (κ2) is 8.04. The fraction of sp³-hybridized carbons (Fsp3) is 0.333. The molecule has 0 aromatic heterocycles. The number of rotatable bonds is 5. The molecule has 0 unspecified atom stereocenters. The molecular formula is C21H23NO4. The predicted octanol–water partition coefficient (Wildman–Crippen LogP) is 4.62. The highest BCUT2D eigenvalue weighted by Gasteiger charge is 2.35. The Balaban J connectivity index is 1.62. The van der Waals surface area contributed by atoms with Gasteiger partial charge in [0.25, 0.3) is 0 Å². The van der Waals surface area contributed by atoms with Gasteiger partial charge in [-0.15, -0.1) is 0 Å². The topological polar surface area (TPSA) is 75.6 Å². The first kappa shape index (κ1) is 18.0. The standard InChI is InChI=1S/C21H23NO4/c1-14-6-10-16(11-7-14)26-17-12-8-15(9-13-17)22-20(23)18-4-2-3-5-19(18)21(24)25/h6-13,18-19H,2-5H2,1H3,(H,22,23)(H,24,25)/t18-,19+/m0/s1. The Labute approximate surface area is 153 Å². The van der Waals surface area contributed by atoms with Crippen LogP contribution in [-0.2, 0) is 9.59 Å². The molecule has 1 aliphatic rings. The Morgan fingerprint density at radius 1 is 0.923 bits per heavy atom. The van der Waals surface area contributed by atoms with Gasteiger partial charge in [-0.05, 0) is 56.2 Å². The molecule has 0 bridgehead atoms. The second-order valence-electron chi connectivity index (χ2n) is 6.76. The van der Waals surface area contributed by atoms with Crippen molar-refractivity contribution in [3.63, 3.8) is 0 Å². The Morgan fingerprint density at radius 2 is 1.46 bits per heavy atom. The number of amides is 1. The summed E-state index contributed by atoms with van der Waals surface area (Å²) in [6.45, 7) is 2.02. The van der Waals surface area contributed by atoms with Crippen molar-refractivity contribution < 1.29 is 19.4 Å². The van der Waals surface area contributed by atoms with Crippen LogP contribution >= 0.6 is 0 Å². The molecule has 0 heterocycles. The zero-order valence-electron chi connectivity index (χ0n) is 14.8. The molecule has 2 aromatic carbocycles. The molecule has 136 valence electrons. The third-order valence-electron chi connectivity index (χ3n) is 4.80. The van der Waals surface area contributed by atoms with E-state index in [1.807, 2.05) is 31.2 Å². The van der Waals surface area contributed by atoms with E-state index in [0.29, 0.717) is 24.3 Å². The van der Waals surface area contributed by atoms with Crippen LogP contribution in [0.25, 0.3) is 0 Å². The molecule has 0 aliphatic heterocycles. The van der Waals surface area contributed by atoms with Crippen molar-refractivity contribution in [1.29, 1.82) is 0 Å². The summed E-state index contributed by atoms with van der Waals surface area (Å²) in [5.74, 6) is -0.736. The zero-order valence-corrected chi connectivity index (χ0v) is 14.8. The summed E-state index contributed by atoms with van der Waals surface area (Å²) in [4.78, 5) is 23.8. The molecule has 0 radical (unpaired) electrons. The van der Waals surface area contributed by atoms with E-state index < -0.39 is 17.8 Å². The first-order chi connectivity index (χ1) is 12.5. The van der Waals surface area contributed by atoms with E-state index in [0.717, 1.165) is 24.2 Å². The number of carboxylic acids is 1. The van der Waals surface area contributed by atoms with E-state index in [2.05, 4.69) is 5.32 Å². The third kappa shape index (κ3) is 4.42. The lowest BCUT2D eigenvalue weighted by molar-refractivity contribution is -0.147. The van der Waals surface area contributed by atoms with Crippen molar-refractivity contribution in [1.82, 2.24) is 0 Å². The minimum Gasteiger partial charge on any atom is -0.481 e. The first-order valence-corrected chi connectivity index (χ1v) is 8.91. The van der Waals surface area contributed by atoms with Crippen LogP contribution in [0.5, 0.6) is 11.5 Å². The lowest BCUT2D eigenvalue weighted by Crippen LogP contribution is -2.36. The van der Waals surface area contributed by atoms with Gasteiger partial charge in [-0.1, -0.05) is 30.5 Å². The maximum Gasteiger partial charge on any atom is 0.307 e. The average Bonchev–Trinajstić information content (AvgIpc) is 2.65. The van der Waals surface area contributed by atoms with Crippen molar-refractivity contribution >= 4 is 17.6 Å². The summed E-state index contributed by atoms with van der Waals surface area (Å²) < 4.78 is 5.77. The number of benzene rings is 2. The number of aliphatic carboxylic acids is 1. The minimum atomic E-state index is -0.883. The Morgan fingerprint density at radius 3 is 2.04 bits per heavy atom. The highest BCUT2D eigenvalue weighted by Crippen LogP contribution is 2.31. The molecule has 1 saturated carbocycles. The van der Waals surface area contributed by atoms with Crippen molar-refractivity contribution in [3.05, 3.63) is 54.1 Å². The average molecular weight is 353 g/mol. The van der Waals surface area contributed by atoms with Gasteiger partial charge in [0.2, 0.25) is 5.91 Å². The number of carbonyl (C=O) groups excluding carboxylic acids is 1. The summed E-state index contributed by atoms with van der Waals surface area (Å²) in [6, 6.07) is 14.9. The van der Waals surface area contributed by atoms with Crippen LogP contribution < -0.4 is 10.1 Å². The van der Waals surface area contributed by atoms with Crippen LogP contribution in [0.15, 0.2) is 48.5 Å². The molecule has 2 aromatic rings. The number of anilines is 1. The molecule has 5 nitrogen and oxygen atoms in total. The van der Waals surface area contributed by atoms with E-state index >= 15 is 0 Å². The second-order valence-corrected chi connectivity index (χ2v) is 6.76. The summed E-state index contributed by atoms with van der Waals surface area (Å²) in [6.07, 6.45) is 2.95. The third-order valence-corrected chi connectivity index (χ3v) is 4.80. The maximum atomic E-state index is 12.5. The summed E-state index contributed by atoms with van der Waals surface area (Å²) in [5.41, 5.74) is 1.80. The highest BCUT2D eigenvalue weighted by atomic mass is 16.5. The Bertz CT molecular complexity index is 768. The summed E-state index contributed by atoms with van der Waals surface area (Å²) >= 11 is 0. The number of carboxylic acid groups (broad SMARTS) is 1. The first-order valence-electron chi connectivity index (χ1n) is 8.91. The summed E-state index contributed by atoms with van der Waals surface area (Å²) in [7, 11) is 0. The SMILES string of the molecule is Cc1ccc(Oc2ccc(NC(=O)[C@H]3CCCC[C@H]3C(=O)O)cc2)cc1. The van der Waals surface area contributed by atoms with E-state index in [4.69, 9.17) is 4.74 Å². The monoisotopic (exact) mass is 353 g/mol. The van der Waals surface area contributed by atoms with Gasteiger partial charge in [0, 0.05) is 5.69 Å². The van der Waals surface area contributed by atoms with Crippen LogP contribution in [0, 0.1) is 18.8 Å². The highest BCUT2D eigenvalue weighted by molar-refractivity contribution is 5.95. The zero-order chi connectivity index (χ0) is 18.5. The number of carbonyl (C=O) groups is 2. The number of hydrogen-bond acceptors (Lipinski definition) is 3. The maximum absolute atomic E-state index is 12.5. The molecule has 1 aliphatic carbocycles. The molecule has 2 N–H and O–H groups in total. The quantitative estimate of drug-likeness (QED) is 0.822. The smallest absolute Gasteiger partial charge is 0.307 e. The molecule has 5 heteroatoms. The van der Waals surface area contributed by atoms with Crippen LogP contribution in [0.3, 0.4) is 0 Å². The van der Waals surface area contributed by atoms with Crippen LogP contribution in [0.2, 0.25) is 0 Å². The molecule has 26 heavy (non-hydrogen) atoms. The van der Waals surface area contributed by atoms with Crippen molar-refractivity contribution in [2.24, 2.45) is 11.8 Å². The largest absolute Gasteiger partial charge is 0.481 e. The molecule has 1 fully saturated rings. The van der Waals surface area contributed by atoms with Gasteiger partial charge in [0.15, 0.2) is 0 Å². The fourth-order valence-electron chi connectivity index (χ4n) is 3.32. The Hall–Kier alpha value is -2.82. The van der Waals surface area contributed by atoms with E-state index in [1.165, 1.54) is 0 Å². The number of aryl methyl sites for hydroxylation is 1. The van der Waals surface area contributed by atoms with Gasteiger partial charge < -0.3 is 15.2 Å². The van der Waals surface area contributed by atoms with Gasteiger partial charge in [-0.25, -0.2) is 0 Å². The molecule has 1 amide bonds. The minimum absolute atomic E-state index is 0.218. The van der Waals surface area contributed by atoms with Gasteiger partial charge in [-0.3, -0.25) is 9.59 Å². The van der Waals surface area contributed by atoms with Crippen molar-refractivity contribution in [2.75, 3.05) is 5.32 Å². The predicted molar refractivity (Wildman–Crippen MR) is 99.4 cm³/mol. The van der Waals surface area contributed by atoms with E-state index in [9.17, 15) is 14.7 Å². The molecule has 0 spiro atoms. The van der Waals surface area contributed by atoms with Gasteiger partial charge in [-0.2, -0.15) is 0 Å². The molecule has 0 saturated heterocycles. The molecule has 2 atom stereocenters. The van der Waals surface area contributed by atoms with E-state index in [-0.39, 0.29) is 5.91 Å². The molecular weight excluding hydrogens is 330 g/mol. The molecule has 3 rings (SSSR count). The normalized spacial score (nSPS) is 19.6. The number of ether oxygens (including phenoxy) is 1. The van der Waals surface area contributed by atoms with Crippen LogP contribution in [0.4, 0.5) is 5.69 Å². The lowest BCUT2D eigenvalue weighted by atomic mass is 9.78. The van der Waals surface area contributed by atoms with Crippen LogP contribution in [0.1, 0.15) is 31.2 Å². The lowest BCUT2D eigenvalue weighted by Gasteiger charge is -2.27. The number of hydrogen-bond donors (Lipinski definition) is 2.